The van der Waals surface area contributed by atoms with Crippen LogP contribution in [0.3, 0.4) is 0 Å². The minimum absolute atomic E-state index is 0.0361. The first-order valence-corrected chi connectivity index (χ1v) is 7.57. The van der Waals surface area contributed by atoms with Crippen LogP contribution < -0.4 is 5.32 Å². The maximum atomic E-state index is 11.6. The number of alkyl carbamates (subject to hydrolysis) is 1. The van der Waals surface area contributed by atoms with Crippen molar-refractivity contribution >= 4 is 6.09 Å². The van der Waals surface area contributed by atoms with Gasteiger partial charge in [-0.05, 0) is 29.7 Å². The van der Waals surface area contributed by atoms with E-state index in [9.17, 15) is 20.1 Å². The number of nitrogens with one attached hydrogen (secondary N) is 1. The predicted octanol–water partition coefficient (Wildman–Crippen LogP) is 2.02. The van der Waals surface area contributed by atoms with Crippen LogP contribution in [0.1, 0.15) is 22.8 Å². The van der Waals surface area contributed by atoms with Gasteiger partial charge in [0.2, 0.25) is 0 Å². The minimum Gasteiger partial charge on any atom is -0.508 e. The largest absolute Gasteiger partial charge is 0.508 e. The van der Waals surface area contributed by atoms with Crippen molar-refractivity contribution in [3.05, 3.63) is 65.2 Å². The molecule has 0 saturated carbocycles. The van der Waals surface area contributed by atoms with E-state index in [0.717, 1.165) is 5.56 Å². The van der Waals surface area contributed by atoms with Gasteiger partial charge in [0.05, 0.1) is 0 Å². The fourth-order valence-electron chi connectivity index (χ4n) is 2.11. The SMILES string of the molecule is Cc1ccc(C(O)C(O)CNC(=O)OCc2ccccc2)cc1O. The molecule has 2 rings (SSSR count). The van der Waals surface area contributed by atoms with E-state index in [1.807, 2.05) is 30.3 Å². The molecule has 0 aromatic heterocycles. The summed E-state index contributed by atoms with van der Waals surface area (Å²) >= 11 is 0. The van der Waals surface area contributed by atoms with Gasteiger partial charge in [-0.1, -0.05) is 42.5 Å². The molecule has 1 amide bonds. The van der Waals surface area contributed by atoms with Gasteiger partial charge in [-0.25, -0.2) is 4.79 Å². The average molecular weight is 331 g/mol. The Morgan fingerprint density at radius 1 is 1.17 bits per heavy atom. The van der Waals surface area contributed by atoms with Gasteiger partial charge in [-0.15, -0.1) is 0 Å². The van der Waals surface area contributed by atoms with Gasteiger partial charge < -0.3 is 25.4 Å². The lowest BCUT2D eigenvalue weighted by Gasteiger charge is -2.19. The molecular weight excluding hydrogens is 310 g/mol. The van der Waals surface area contributed by atoms with Crippen LogP contribution in [0.25, 0.3) is 0 Å². The number of benzene rings is 2. The summed E-state index contributed by atoms with van der Waals surface area (Å²) in [5.41, 5.74) is 1.89. The second-order valence-corrected chi connectivity index (χ2v) is 5.50. The van der Waals surface area contributed by atoms with E-state index in [-0.39, 0.29) is 18.9 Å². The number of aliphatic hydroxyl groups is 2. The highest BCUT2D eigenvalue weighted by Gasteiger charge is 2.20. The Morgan fingerprint density at radius 3 is 2.54 bits per heavy atom. The summed E-state index contributed by atoms with van der Waals surface area (Å²) in [4.78, 5) is 11.6. The maximum absolute atomic E-state index is 11.6. The number of hydrogen-bond donors (Lipinski definition) is 4. The molecule has 24 heavy (non-hydrogen) atoms. The van der Waals surface area contributed by atoms with Crippen LogP contribution in [0.15, 0.2) is 48.5 Å². The monoisotopic (exact) mass is 331 g/mol. The van der Waals surface area contributed by atoms with E-state index in [1.165, 1.54) is 6.07 Å². The number of ether oxygens (including phenoxy) is 1. The number of phenols is 1. The molecule has 128 valence electrons. The van der Waals surface area contributed by atoms with Crippen LogP contribution in [-0.4, -0.2) is 34.1 Å². The highest BCUT2D eigenvalue weighted by molar-refractivity contribution is 5.67. The van der Waals surface area contributed by atoms with Crippen LogP contribution in [0, 0.1) is 6.92 Å². The topological polar surface area (TPSA) is 99.0 Å². The molecule has 4 N–H and O–H groups in total. The third kappa shape index (κ3) is 4.97. The molecule has 6 heteroatoms. The van der Waals surface area contributed by atoms with Crippen molar-refractivity contribution < 1.29 is 24.9 Å². The molecule has 0 saturated heterocycles. The molecule has 2 unspecified atom stereocenters. The number of rotatable bonds is 6. The highest BCUT2D eigenvalue weighted by atomic mass is 16.5. The lowest BCUT2D eigenvalue weighted by Crippen LogP contribution is -2.35. The summed E-state index contributed by atoms with van der Waals surface area (Å²) in [7, 11) is 0. The first-order chi connectivity index (χ1) is 11.5. The summed E-state index contributed by atoms with van der Waals surface area (Å²) < 4.78 is 5.02. The van der Waals surface area contributed by atoms with Gasteiger partial charge in [-0.2, -0.15) is 0 Å². The zero-order valence-electron chi connectivity index (χ0n) is 13.3. The quantitative estimate of drug-likeness (QED) is 0.649. The van der Waals surface area contributed by atoms with E-state index in [2.05, 4.69) is 5.32 Å². The molecule has 0 aliphatic carbocycles. The zero-order valence-corrected chi connectivity index (χ0v) is 13.3. The van der Waals surface area contributed by atoms with Crippen molar-refractivity contribution in [1.82, 2.24) is 5.32 Å². The highest BCUT2D eigenvalue weighted by Crippen LogP contribution is 2.23. The molecule has 0 fully saturated rings. The molecule has 0 radical (unpaired) electrons. The van der Waals surface area contributed by atoms with Crippen LogP contribution in [0.2, 0.25) is 0 Å². The zero-order chi connectivity index (χ0) is 17.5. The predicted molar refractivity (Wildman–Crippen MR) is 88.4 cm³/mol. The van der Waals surface area contributed by atoms with E-state index >= 15 is 0 Å². The number of carbonyl (C=O) groups excluding carboxylic acids is 1. The van der Waals surface area contributed by atoms with Gasteiger partial charge in [0, 0.05) is 6.54 Å². The van der Waals surface area contributed by atoms with Gasteiger partial charge in [0.15, 0.2) is 0 Å². The first kappa shape index (κ1) is 17.8. The molecule has 2 aromatic rings. The van der Waals surface area contributed by atoms with Crippen molar-refractivity contribution in [2.24, 2.45) is 0 Å². The molecule has 0 aliphatic rings. The summed E-state index contributed by atoms with van der Waals surface area (Å²) in [6, 6.07) is 13.8. The van der Waals surface area contributed by atoms with Gasteiger partial charge >= 0.3 is 6.09 Å². The second kappa shape index (κ2) is 8.33. The van der Waals surface area contributed by atoms with E-state index < -0.39 is 18.3 Å². The Bertz CT molecular complexity index is 674. The molecular formula is C18H21NO5. The smallest absolute Gasteiger partial charge is 0.407 e. The summed E-state index contributed by atoms with van der Waals surface area (Å²) in [6.07, 6.45) is -3.14. The van der Waals surface area contributed by atoms with Crippen molar-refractivity contribution in [3.63, 3.8) is 0 Å². The standard InChI is InChI=1S/C18H21NO5/c1-12-7-8-14(9-15(12)20)17(22)16(21)10-19-18(23)24-11-13-5-3-2-4-6-13/h2-9,16-17,20-22H,10-11H2,1H3,(H,19,23). The van der Waals surface area contributed by atoms with Crippen LogP contribution in [-0.2, 0) is 11.3 Å². The number of aryl methyl sites for hydroxylation is 1. The summed E-state index contributed by atoms with van der Waals surface area (Å²) in [5, 5.41) is 32.1. The Balaban J connectivity index is 1.80. The lowest BCUT2D eigenvalue weighted by molar-refractivity contribution is 0.0183. The molecule has 6 nitrogen and oxygen atoms in total. The molecule has 0 spiro atoms. The number of carbonyl (C=O) groups is 1. The number of phenolic OH excluding ortho intramolecular Hbond substituents is 1. The van der Waals surface area contributed by atoms with Crippen LogP contribution in [0.5, 0.6) is 5.75 Å². The summed E-state index contributed by atoms with van der Waals surface area (Å²) in [5.74, 6) is 0.0361. The number of amides is 1. The molecule has 0 bridgehead atoms. The first-order valence-electron chi connectivity index (χ1n) is 7.57. The van der Waals surface area contributed by atoms with Crippen molar-refractivity contribution in [2.75, 3.05) is 6.54 Å². The molecule has 0 aliphatic heterocycles. The Labute approximate surface area is 140 Å². The third-order valence-electron chi connectivity index (χ3n) is 3.61. The molecule has 0 heterocycles. The maximum Gasteiger partial charge on any atom is 0.407 e. The Hall–Kier alpha value is -2.57. The van der Waals surface area contributed by atoms with Crippen molar-refractivity contribution in [3.8, 4) is 5.75 Å². The third-order valence-corrected chi connectivity index (χ3v) is 3.61. The van der Waals surface area contributed by atoms with Gasteiger partial charge in [0.25, 0.3) is 0 Å². The van der Waals surface area contributed by atoms with Gasteiger partial charge in [-0.3, -0.25) is 0 Å². The molecule has 2 atom stereocenters. The minimum atomic E-state index is -1.23. The lowest BCUT2D eigenvalue weighted by atomic mass is 10.0. The Morgan fingerprint density at radius 2 is 1.88 bits per heavy atom. The van der Waals surface area contributed by atoms with Gasteiger partial charge in [0.1, 0.15) is 24.6 Å². The summed E-state index contributed by atoms with van der Waals surface area (Å²) in [6.45, 7) is 1.67. The van der Waals surface area contributed by atoms with E-state index in [1.54, 1.807) is 19.1 Å². The fourth-order valence-corrected chi connectivity index (χ4v) is 2.11. The van der Waals surface area contributed by atoms with E-state index in [4.69, 9.17) is 4.74 Å². The fraction of sp³-hybridized carbons (Fsp3) is 0.278. The average Bonchev–Trinajstić information content (AvgIpc) is 2.60. The number of aliphatic hydroxyl groups excluding tert-OH is 2. The number of aromatic hydroxyl groups is 1. The Kier molecular flexibility index (Phi) is 6.17. The second-order valence-electron chi connectivity index (χ2n) is 5.50. The normalized spacial score (nSPS) is 13.1. The van der Waals surface area contributed by atoms with Crippen LogP contribution in [0.4, 0.5) is 4.79 Å². The van der Waals surface area contributed by atoms with Crippen molar-refractivity contribution in [1.29, 1.82) is 0 Å². The van der Waals surface area contributed by atoms with Crippen molar-refractivity contribution in [2.45, 2.75) is 25.7 Å². The van der Waals surface area contributed by atoms with E-state index in [0.29, 0.717) is 11.1 Å². The number of hydrogen-bond acceptors (Lipinski definition) is 5. The van der Waals surface area contributed by atoms with Crippen LogP contribution >= 0.6 is 0 Å². The molecule has 2 aromatic carbocycles.